The average molecular weight is 1170 g/mol. The second kappa shape index (κ2) is 85.7. The minimum atomic E-state index is -1.08. The van der Waals surface area contributed by atoms with E-state index in [9.17, 15) is 9.59 Å². The fraction of sp³-hybridized carbons (Fsp3) is 0.633. The molecule has 0 aromatic heterocycles. The molecule has 12 N–H and O–H groups in total. The number of hydrogen-bond acceptors (Lipinski definition) is 11. The molecule has 0 atom stereocenters. The van der Waals surface area contributed by atoms with Gasteiger partial charge in [-0.15, -0.1) is 0 Å². The van der Waals surface area contributed by atoms with Crippen molar-refractivity contribution in [1.82, 2.24) is 21.3 Å². The van der Waals surface area contributed by atoms with E-state index in [1.54, 1.807) is 24.3 Å². The van der Waals surface area contributed by atoms with Crippen LogP contribution < -0.4 is 84.0 Å². The van der Waals surface area contributed by atoms with E-state index in [-0.39, 0.29) is 113 Å². The first-order valence-corrected chi connectivity index (χ1v) is 22.1. The Kier molecular flexibility index (Phi) is 128. The van der Waals surface area contributed by atoms with Crippen LogP contribution in [-0.2, 0) is 42.5 Å². The summed E-state index contributed by atoms with van der Waals surface area (Å²) in [6, 6.07) is 16.7. The van der Waals surface area contributed by atoms with E-state index in [1.165, 1.54) is 43.4 Å². The molecule has 0 aliphatic carbocycles. The van der Waals surface area contributed by atoms with E-state index >= 15 is 0 Å². The fourth-order valence-electron chi connectivity index (χ4n) is 4.26. The van der Waals surface area contributed by atoms with E-state index in [1.807, 2.05) is 45.0 Å². The SMILES string of the molecule is C.C.C.C.CC(=O)NCCc1ccc(O)cc1.CC(=O)[O-].CCN=C=NCCC[NH+](C)C.CCNC(=O)NCCC[NH+](C)C.CCNC(O)=NCCC[NH+](C)C.F.NCCc1ccc(O)cc1.[2HH].[B].[CH3-].[Cl-].[Cl-].[Cl-].[O]=[Cr]. The number of rotatable bonds is 20. The number of aliphatic hydroxyl groups excluding tert-OH is 1. The molecule has 0 fully saturated rings. The van der Waals surface area contributed by atoms with Crippen LogP contribution in [-0.4, -0.2) is 168 Å². The normalized spacial score (nSPS) is 8.39. The van der Waals surface area contributed by atoms with Gasteiger partial charge in [0.15, 0.2) is 0 Å². The van der Waals surface area contributed by atoms with Crippen molar-refractivity contribution in [3.63, 3.8) is 0 Å². The molecule has 445 valence electrons. The van der Waals surface area contributed by atoms with E-state index in [2.05, 4.69) is 84.5 Å². The van der Waals surface area contributed by atoms with Crippen LogP contribution in [0.3, 0.4) is 0 Å². The number of nitrogens with one attached hydrogen (secondary N) is 7. The fourth-order valence-corrected chi connectivity index (χ4v) is 4.26. The second-order valence-electron chi connectivity index (χ2n) is 14.5. The standard InChI is InChI=1S/C10H13NO2.2C8H19N3O.C8H17N3.C8H11NO.C2H4O2.4CH4.CH3.B.3ClH.Cr.FH.O.H2/c1-8(12)11-7-6-9-2-4-10(13)5-3-9;2*1-4-9-8(12)10-6-5-7-11(2)3;1-4-9-8-10-6-5-7-11(2)3;9-6-5-7-1-3-8(10)4-2-7;1-2(3)4;;;;;;;;;;;;;/h2-5,13H,6-7H2,1H3,(H,11,12);2*4-7H2,1-3H3,(H2,9,10,12);4-7H2,1-3H3;1-4,10H,5-6,9H2;1H3,(H,3,4);4*1H4;1H3;;3*1H;;1H;;1H/q;;;;;;;;;;-1;;;;;;;;/p-1/i;;;;;;;;;;;;;;;;;;1+1. The zero-order chi connectivity index (χ0) is 50.0. The molecule has 3 amide bonds. The first kappa shape index (κ1) is 110. The van der Waals surface area contributed by atoms with Crippen molar-refractivity contribution in [2.24, 2.45) is 20.7 Å². The number of aliphatic hydroxyl groups is 1. The summed E-state index contributed by atoms with van der Waals surface area (Å²) in [4.78, 5) is 46.4. The van der Waals surface area contributed by atoms with Gasteiger partial charge in [0.2, 0.25) is 5.91 Å². The Balaban J connectivity index is -0.0000000390. The molecule has 0 heterocycles. The summed E-state index contributed by atoms with van der Waals surface area (Å²) in [6.07, 6.45) is 4.83. The van der Waals surface area contributed by atoms with E-state index < -0.39 is 5.97 Å². The van der Waals surface area contributed by atoms with E-state index in [0.29, 0.717) is 38.5 Å². The van der Waals surface area contributed by atoms with Crippen molar-refractivity contribution in [3.05, 3.63) is 67.1 Å². The van der Waals surface area contributed by atoms with Gasteiger partial charge in [0.25, 0.3) is 6.02 Å². The number of carbonyl (C=O) groups is 3. The quantitative estimate of drug-likeness (QED) is 0.0196. The molecule has 0 spiro atoms. The zero-order valence-corrected chi connectivity index (χ0v) is 47.3. The Bertz CT molecular complexity index is 1500. The topological polar surface area (TPSA) is 277 Å². The van der Waals surface area contributed by atoms with Crippen molar-refractivity contribution >= 4 is 38.4 Å². The number of carboxylic acid groups (broad SMARTS) is 1. The number of amidine groups is 1. The Morgan fingerprint density at radius 2 is 1.04 bits per heavy atom. The first-order valence-electron chi connectivity index (χ1n) is 21.6. The number of amides is 3. The number of aromatic hydroxyl groups is 2. The van der Waals surface area contributed by atoms with Gasteiger partial charge >= 0.3 is 26.1 Å². The molecule has 2 aromatic carbocycles. The number of nitrogens with zero attached hydrogens (tertiary/aromatic N) is 3. The van der Waals surface area contributed by atoms with E-state index in [0.717, 1.165) is 83.9 Å². The molecule has 0 aliphatic rings. The van der Waals surface area contributed by atoms with Crippen LogP contribution in [0, 0.1) is 7.43 Å². The van der Waals surface area contributed by atoms with Gasteiger partial charge in [0, 0.05) is 81.3 Å². The second-order valence-corrected chi connectivity index (χ2v) is 14.5. The van der Waals surface area contributed by atoms with Gasteiger partial charge in [-0.05, 0) is 82.5 Å². The molecule has 25 heteroatoms. The van der Waals surface area contributed by atoms with Gasteiger partial charge in [0.1, 0.15) is 11.5 Å². The van der Waals surface area contributed by atoms with Crippen LogP contribution in [0.15, 0.2) is 63.5 Å². The summed E-state index contributed by atoms with van der Waals surface area (Å²) in [5, 5.41) is 46.7. The number of phenolic OH excluding ortho intramolecular Hbond substituents is 2. The first-order chi connectivity index (χ1) is 30.3. The van der Waals surface area contributed by atoms with Crippen LogP contribution in [0.1, 0.15) is 96.1 Å². The van der Waals surface area contributed by atoms with Gasteiger partial charge in [-0.3, -0.25) is 9.50 Å². The Labute approximate surface area is 480 Å². The molecule has 2 rings (SSSR count). The number of aliphatic imine (C=N–C) groups is 3. The Morgan fingerprint density at radius 3 is 1.39 bits per heavy atom. The van der Waals surface area contributed by atoms with Gasteiger partial charge < -0.3 is 112 Å². The molecular formula is C49H107BCl3CrFN11O8-2. The van der Waals surface area contributed by atoms with Crippen LogP contribution in [0.4, 0.5) is 9.50 Å². The summed E-state index contributed by atoms with van der Waals surface area (Å²) in [5.41, 5.74) is 7.61. The summed E-state index contributed by atoms with van der Waals surface area (Å²) in [6.45, 7) is 17.4. The molecule has 2 aromatic rings. The molecule has 74 heavy (non-hydrogen) atoms. The monoisotopic (exact) mass is 1170 g/mol. The third-order valence-corrected chi connectivity index (χ3v) is 7.25. The number of urea groups is 1. The molecule has 3 radical (unpaired) electrons. The third-order valence-electron chi connectivity index (χ3n) is 7.25. The third kappa shape index (κ3) is 109. The van der Waals surface area contributed by atoms with Gasteiger partial charge in [-0.25, -0.2) is 19.8 Å². The van der Waals surface area contributed by atoms with Crippen LogP contribution in [0.5, 0.6) is 11.5 Å². The molecule has 19 nitrogen and oxygen atoms in total. The number of benzene rings is 2. The number of quaternary nitrogens is 3. The number of halogens is 4. The predicted molar refractivity (Wildman–Crippen MR) is 294 cm³/mol. The zero-order valence-electron chi connectivity index (χ0n) is 43.8. The van der Waals surface area contributed by atoms with Crippen molar-refractivity contribution in [2.45, 2.75) is 96.4 Å². The van der Waals surface area contributed by atoms with Gasteiger partial charge in [0.05, 0.1) is 74.5 Å². The van der Waals surface area contributed by atoms with Gasteiger partial charge in [-0.2, -0.15) is 0 Å². The molecule has 0 saturated heterocycles. The molecule has 0 aliphatic heterocycles. The molecule has 0 saturated carbocycles. The number of carboxylic acids is 1. The number of hydrogen-bond donors (Lipinski definition) is 11. The summed E-state index contributed by atoms with van der Waals surface area (Å²) >= 11 is 1.38. The van der Waals surface area contributed by atoms with Crippen molar-refractivity contribution < 1.29 is 113 Å². The maximum atomic E-state index is 10.9. The summed E-state index contributed by atoms with van der Waals surface area (Å²) < 4.78 is 8.12. The number of carbonyl (C=O) groups excluding carboxylic acids is 3. The summed E-state index contributed by atoms with van der Waals surface area (Å²) in [5.74, 6) is -0.525. The number of aliphatic carboxylic acids is 1. The average Bonchev–Trinajstić information content (AvgIpc) is 3.23. The summed E-state index contributed by atoms with van der Waals surface area (Å²) in [7, 11) is 12.7. The predicted octanol–water partition coefficient (Wildman–Crippen LogP) is -7.78. The number of phenols is 2. The maximum absolute atomic E-state index is 10.9. The Morgan fingerprint density at radius 1 is 0.662 bits per heavy atom. The Hall–Kier alpha value is -4.06. The number of nitrogens with two attached hydrogens (primary N) is 1. The van der Waals surface area contributed by atoms with Crippen molar-refractivity contribution in [2.75, 3.05) is 114 Å². The van der Waals surface area contributed by atoms with Crippen LogP contribution >= 0.6 is 0 Å². The molecular weight excluding hydrogens is 1060 g/mol. The van der Waals surface area contributed by atoms with Crippen molar-refractivity contribution in [1.29, 1.82) is 0 Å². The van der Waals surface area contributed by atoms with E-state index in [4.69, 9.17) is 34.8 Å². The molecule has 0 bridgehead atoms. The minimum absolute atomic E-state index is 0. The molecule has 0 unspecified atom stereocenters. The van der Waals surface area contributed by atoms with Crippen LogP contribution in [0.25, 0.3) is 0 Å². The van der Waals surface area contributed by atoms with Crippen molar-refractivity contribution in [3.8, 4) is 11.5 Å². The van der Waals surface area contributed by atoms with Gasteiger partial charge in [-0.1, -0.05) is 54.0 Å². The van der Waals surface area contributed by atoms with Crippen LogP contribution in [0.2, 0.25) is 0 Å².